The number of hydrogen-bond donors (Lipinski definition) is 0. The summed E-state index contributed by atoms with van der Waals surface area (Å²) in [7, 11) is 0.105. The van der Waals surface area contributed by atoms with Gasteiger partial charge in [-0.25, -0.2) is 0 Å². The van der Waals surface area contributed by atoms with Crippen LogP contribution in [-0.4, -0.2) is 20.0 Å². The summed E-state index contributed by atoms with van der Waals surface area (Å²) in [5.41, 5.74) is -5.75. The summed E-state index contributed by atoms with van der Waals surface area (Å²) < 4.78 is 89.4. The molecule has 128 valence electrons. The van der Waals surface area contributed by atoms with E-state index in [4.69, 9.17) is 4.65 Å². The second kappa shape index (κ2) is 6.19. The SMILES string of the molecule is Cc1cc(C(C)(C)C)c2c(c1)C(C(F)(F)F)(C(F)(F)F)O[B-]O2.[Li+]. The summed E-state index contributed by atoms with van der Waals surface area (Å²) in [6, 6.07) is 2.31. The van der Waals surface area contributed by atoms with Crippen LogP contribution in [0.15, 0.2) is 12.1 Å². The number of alkyl halides is 6. The van der Waals surface area contributed by atoms with Gasteiger partial charge in [0.2, 0.25) is 5.60 Å². The Labute approximate surface area is 148 Å². The van der Waals surface area contributed by atoms with E-state index in [1.165, 1.54) is 13.0 Å². The van der Waals surface area contributed by atoms with Crippen molar-refractivity contribution in [3.8, 4) is 5.75 Å². The number of hydrogen-bond acceptors (Lipinski definition) is 2. The van der Waals surface area contributed by atoms with Crippen LogP contribution in [-0.2, 0) is 15.7 Å². The average Bonchev–Trinajstić information content (AvgIpc) is 2.32. The van der Waals surface area contributed by atoms with E-state index in [1.54, 1.807) is 20.8 Å². The first-order valence-electron chi connectivity index (χ1n) is 6.67. The minimum atomic E-state index is -5.71. The van der Waals surface area contributed by atoms with Crippen LogP contribution in [0.4, 0.5) is 26.3 Å². The maximum absolute atomic E-state index is 13.4. The Morgan fingerprint density at radius 2 is 1.46 bits per heavy atom. The van der Waals surface area contributed by atoms with Gasteiger partial charge in [0.1, 0.15) is 0 Å². The third-order valence-corrected chi connectivity index (χ3v) is 3.61. The monoisotopic (exact) mass is 346 g/mol. The van der Waals surface area contributed by atoms with E-state index in [9.17, 15) is 26.3 Å². The van der Waals surface area contributed by atoms with Gasteiger partial charge < -0.3 is 9.31 Å². The Hall–Kier alpha value is -0.778. The van der Waals surface area contributed by atoms with Gasteiger partial charge in [0.25, 0.3) is 0 Å². The summed E-state index contributed by atoms with van der Waals surface area (Å²) >= 11 is 0. The number of halogens is 6. The third-order valence-electron chi connectivity index (χ3n) is 3.61. The van der Waals surface area contributed by atoms with Crippen LogP contribution in [0, 0.1) is 6.92 Å². The second-order valence-corrected chi connectivity index (χ2v) is 6.45. The van der Waals surface area contributed by atoms with Crippen LogP contribution in [0.5, 0.6) is 5.75 Å². The van der Waals surface area contributed by atoms with E-state index in [0.29, 0.717) is 0 Å². The van der Waals surface area contributed by atoms with Crippen LogP contribution in [0.2, 0.25) is 0 Å². The Bertz CT molecular complexity index is 607. The predicted molar refractivity (Wildman–Crippen MR) is 71.1 cm³/mol. The van der Waals surface area contributed by atoms with Crippen LogP contribution >= 0.6 is 0 Å². The van der Waals surface area contributed by atoms with Gasteiger partial charge in [0.05, 0.1) is 13.4 Å². The number of benzene rings is 1. The first kappa shape index (κ1) is 21.3. The van der Waals surface area contributed by atoms with Crippen LogP contribution in [0.3, 0.4) is 0 Å². The maximum atomic E-state index is 13.4. The zero-order chi connectivity index (χ0) is 17.8. The Kier molecular flexibility index (Phi) is 5.48. The van der Waals surface area contributed by atoms with Gasteiger partial charge in [-0.2, -0.15) is 26.3 Å². The van der Waals surface area contributed by atoms with Crippen LogP contribution in [0.1, 0.15) is 37.5 Å². The number of rotatable bonds is 0. The molecule has 2 nitrogen and oxygen atoms in total. The Morgan fingerprint density at radius 1 is 0.958 bits per heavy atom. The molecule has 0 fully saturated rings. The van der Waals surface area contributed by atoms with Gasteiger partial charge in [-0.15, -0.1) is 0 Å². The molecule has 0 aromatic heterocycles. The maximum Gasteiger partial charge on any atom is 1.00 e. The molecule has 0 N–H and O–H groups in total. The summed E-state index contributed by atoms with van der Waals surface area (Å²) in [5.74, 6) is -0.469. The van der Waals surface area contributed by atoms with E-state index in [0.717, 1.165) is 6.07 Å². The van der Waals surface area contributed by atoms with Gasteiger partial charge in [-0.05, 0) is 24.0 Å². The Balaban J connectivity index is 0.00000288. The molecule has 1 aliphatic heterocycles. The molecule has 1 heterocycles. The van der Waals surface area contributed by atoms with Crippen molar-refractivity contribution < 1.29 is 54.5 Å². The first-order valence-corrected chi connectivity index (χ1v) is 6.67. The fourth-order valence-electron chi connectivity index (χ4n) is 2.53. The van der Waals surface area contributed by atoms with Gasteiger partial charge in [-0.1, -0.05) is 32.4 Å². The number of aryl methyl sites for hydroxylation is 1. The normalized spacial score (nSPS) is 17.6. The minimum absolute atomic E-state index is 0. The molecule has 24 heavy (non-hydrogen) atoms. The molecule has 0 saturated carbocycles. The van der Waals surface area contributed by atoms with Crippen molar-refractivity contribution in [1.29, 1.82) is 0 Å². The molecular weight excluding hydrogens is 332 g/mol. The molecule has 2 radical (unpaired) electrons. The van der Waals surface area contributed by atoms with E-state index in [-0.39, 0.29) is 37.7 Å². The van der Waals surface area contributed by atoms with Gasteiger partial charge >= 0.3 is 31.2 Å². The first-order chi connectivity index (χ1) is 10.2. The third kappa shape index (κ3) is 3.18. The molecule has 0 spiro atoms. The zero-order valence-electron chi connectivity index (χ0n) is 13.8. The van der Waals surface area contributed by atoms with Crippen LogP contribution in [0.25, 0.3) is 0 Å². The minimum Gasteiger partial charge on any atom is -0.741 e. The molecular formula is C14H14BF6LiO2. The second-order valence-electron chi connectivity index (χ2n) is 6.45. The quantitative estimate of drug-likeness (QED) is 0.525. The molecule has 0 amide bonds. The van der Waals surface area contributed by atoms with E-state index in [2.05, 4.69) is 4.65 Å². The van der Waals surface area contributed by atoms with Gasteiger partial charge in [0.15, 0.2) is 0 Å². The summed E-state index contributed by atoms with van der Waals surface area (Å²) in [6.07, 6.45) is -11.4. The van der Waals surface area contributed by atoms with Crippen molar-refractivity contribution in [2.45, 2.75) is 51.1 Å². The molecule has 0 aliphatic carbocycles. The number of fused-ring (bicyclic) bond motifs is 1. The predicted octanol–water partition coefficient (Wildman–Crippen LogP) is 1.56. The topological polar surface area (TPSA) is 18.5 Å². The standard InChI is InChI=1S/C14H14BF6O2.Li/c1-7-5-8(11(2,3)4)10-9(6-7)12(13(16,17)18,14(19,20)21)23-15-22-10;/h5-6H,1-4H3;/q-1;+1. The molecule has 1 aliphatic rings. The summed E-state index contributed by atoms with van der Waals surface area (Å²) in [6.45, 7) is 6.43. The summed E-state index contributed by atoms with van der Waals surface area (Å²) in [5, 5.41) is 0. The smallest absolute Gasteiger partial charge is 0.741 e. The van der Waals surface area contributed by atoms with Crippen molar-refractivity contribution >= 4 is 7.69 Å². The van der Waals surface area contributed by atoms with Crippen molar-refractivity contribution in [3.05, 3.63) is 28.8 Å². The van der Waals surface area contributed by atoms with Crippen LogP contribution < -0.4 is 23.5 Å². The van der Waals surface area contributed by atoms with Crippen molar-refractivity contribution in [3.63, 3.8) is 0 Å². The molecule has 0 saturated heterocycles. The zero-order valence-corrected chi connectivity index (χ0v) is 13.8. The van der Waals surface area contributed by atoms with E-state index < -0.39 is 34.7 Å². The fourth-order valence-corrected chi connectivity index (χ4v) is 2.53. The van der Waals surface area contributed by atoms with Crippen molar-refractivity contribution in [2.75, 3.05) is 0 Å². The molecule has 2 rings (SSSR count). The molecule has 1 aromatic carbocycles. The Morgan fingerprint density at radius 3 is 1.88 bits per heavy atom. The average molecular weight is 346 g/mol. The molecule has 1 aromatic rings. The van der Waals surface area contributed by atoms with Crippen molar-refractivity contribution in [1.82, 2.24) is 0 Å². The van der Waals surface area contributed by atoms with E-state index >= 15 is 0 Å². The fraction of sp³-hybridized carbons (Fsp3) is 0.571. The summed E-state index contributed by atoms with van der Waals surface area (Å²) in [4.78, 5) is 0. The molecule has 10 heteroatoms. The molecule has 0 bridgehead atoms. The molecule has 0 unspecified atom stereocenters. The van der Waals surface area contributed by atoms with E-state index in [1.807, 2.05) is 0 Å². The largest absolute Gasteiger partial charge is 1.00 e. The van der Waals surface area contributed by atoms with Gasteiger partial charge in [-0.3, -0.25) is 0 Å². The van der Waals surface area contributed by atoms with Crippen molar-refractivity contribution in [2.24, 2.45) is 0 Å². The molecule has 0 atom stereocenters. The van der Waals surface area contributed by atoms with Gasteiger partial charge in [0, 0.05) is 5.56 Å².